The molecule has 0 aliphatic rings. The summed E-state index contributed by atoms with van der Waals surface area (Å²) in [7, 11) is -0.362. The van der Waals surface area contributed by atoms with Crippen molar-refractivity contribution in [3.63, 3.8) is 0 Å². The second-order valence-corrected chi connectivity index (χ2v) is 7.60. The quantitative estimate of drug-likeness (QED) is 0.575. The Bertz CT molecular complexity index is 1070. The molecule has 0 fully saturated rings. The molecule has 0 bridgehead atoms. The van der Waals surface area contributed by atoms with Crippen molar-refractivity contribution in [2.75, 3.05) is 27.1 Å². The number of methoxy groups -OCH3 is 2. The summed E-state index contributed by atoms with van der Waals surface area (Å²) in [5.74, 6) is 0.441. The fraction of sp³-hybridized carbons (Fsp3) is 0.263. The van der Waals surface area contributed by atoms with Crippen LogP contribution in [-0.2, 0) is 20.7 Å². The maximum Gasteiger partial charge on any atom is 0.319 e. The number of hydrogen-bond acceptors (Lipinski definition) is 7. The van der Waals surface area contributed by atoms with Crippen molar-refractivity contribution in [3.05, 3.63) is 48.2 Å². The number of nitrogens with zero attached hydrogens (tertiary/aromatic N) is 2. The molecule has 0 N–H and O–H groups in total. The summed E-state index contributed by atoms with van der Waals surface area (Å²) in [5.41, 5.74) is 2.70. The zero-order valence-electron chi connectivity index (χ0n) is 15.3. The van der Waals surface area contributed by atoms with Crippen molar-refractivity contribution in [2.24, 2.45) is 0 Å². The van der Waals surface area contributed by atoms with Crippen LogP contribution < -0.4 is 9.47 Å². The molecule has 2 aromatic carbocycles. The second-order valence-electron chi connectivity index (χ2n) is 5.95. The van der Waals surface area contributed by atoms with Crippen LogP contribution in [-0.4, -0.2) is 45.5 Å². The summed E-state index contributed by atoms with van der Waals surface area (Å²) in [6, 6.07) is 12.2. The predicted molar refractivity (Wildman–Crippen MR) is 103 cm³/mol. The van der Waals surface area contributed by atoms with Crippen molar-refractivity contribution in [1.82, 2.24) is 9.97 Å². The summed E-state index contributed by atoms with van der Waals surface area (Å²) in [4.78, 5) is 8.37. The van der Waals surface area contributed by atoms with E-state index in [1.165, 1.54) is 7.11 Å². The third kappa shape index (κ3) is 4.72. The molecular weight excluding hydrogens is 368 g/mol. The minimum Gasteiger partial charge on any atom is -0.480 e. The van der Waals surface area contributed by atoms with Gasteiger partial charge in [-0.25, -0.2) is 4.98 Å². The van der Waals surface area contributed by atoms with Gasteiger partial charge < -0.3 is 9.47 Å². The predicted octanol–water partition coefficient (Wildman–Crippen LogP) is 2.83. The van der Waals surface area contributed by atoms with E-state index in [2.05, 4.69) is 9.97 Å². The Balaban J connectivity index is 1.87. The Hall–Kier alpha value is -2.71. The largest absolute Gasteiger partial charge is 0.480 e. The summed E-state index contributed by atoms with van der Waals surface area (Å²) in [6.45, 7) is 0.128. The van der Waals surface area contributed by atoms with E-state index in [-0.39, 0.29) is 12.6 Å². The van der Waals surface area contributed by atoms with Crippen LogP contribution in [0.3, 0.4) is 0 Å². The van der Waals surface area contributed by atoms with E-state index in [1.54, 1.807) is 13.3 Å². The average Bonchev–Trinajstić information content (AvgIpc) is 2.66. The van der Waals surface area contributed by atoms with Gasteiger partial charge in [0, 0.05) is 6.20 Å². The topological polar surface area (TPSA) is 87.6 Å². The highest BCUT2D eigenvalue weighted by Crippen LogP contribution is 2.31. The van der Waals surface area contributed by atoms with E-state index < -0.39 is 10.1 Å². The normalized spacial score (nSPS) is 11.5. The number of rotatable bonds is 7. The van der Waals surface area contributed by atoms with Gasteiger partial charge in [-0.05, 0) is 34.4 Å². The zero-order chi connectivity index (χ0) is 19.4. The van der Waals surface area contributed by atoms with Crippen LogP contribution in [0.25, 0.3) is 21.9 Å². The first-order chi connectivity index (χ1) is 12.9. The second kappa shape index (κ2) is 7.89. The molecule has 0 saturated carbocycles. The van der Waals surface area contributed by atoms with Gasteiger partial charge in [0.25, 0.3) is 10.1 Å². The van der Waals surface area contributed by atoms with Gasteiger partial charge in [-0.1, -0.05) is 30.3 Å². The summed E-state index contributed by atoms with van der Waals surface area (Å²) in [5, 5.41) is 2.09. The molecular formula is C19H20N2O5S. The Kier molecular flexibility index (Phi) is 5.57. The average molecular weight is 388 g/mol. The highest BCUT2D eigenvalue weighted by atomic mass is 32.2. The molecule has 0 spiro atoms. The van der Waals surface area contributed by atoms with Crippen molar-refractivity contribution in [1.29, 1.82) is 0 Å². The maximum atomic E-state index is 11.0. The van der Waals surface area contributed by atoms with Crippen molar-refractivity contribution < 1.29 is 22.1 Å². The van der Waals surface area contributed by atoms with Crippen LogP contribution in [0.1, 0.15) is 5.56 Å². The maximum absolute atomic E-state index is 11.0. The monoisotopic (exact) mass is 388 g/mol. The first kappa shape index (κ1) is 19.1. The van der Waals surface area contributed by atoms with Crippen LogP contribution in [0.15, 0.2) is 42.6 Å². The molecule has 0 unspecified atom stereocenters. The minimum absolute atomic E-state index is 0.128. The first-order valence-corrected chi connectivity index (χ1v) is 10.0. The van der Waals surface area contributed by atoms with Gasteiger partial charge in [0.2, 0.25) is 5.88 Å². The molecule has 0 saturated heterocycles. The highest BCUT2D eigenvalue weighted by Gasteiger charge is 2.11. The molecule has 142 valence electrons. The number of hydrogen-bond donors (Lipinski definition) is 0. The van der Waals surface area contributed by atoms with Crippen LogP contribution in [0, 0.1) is 0 Å². The fourth-order valence-corrected chi connectivity index (χ4v) is 3.12. The Morgan fingerprint density at radius 2 is 1.74 bits per heavy atom. The molecule has 27 heavy (non-hydrogen) atoms. The Labute approximate surface area is 158 Å². The van der Waals surface area contributed by atoms with E-state index in [4.69, 9.17) is 13.7 Å². The van der Waals surface area contributed by atoms with Gasteiger partial charge in [-0.15, -0.1) is 0 Å². The number of benzene rings is 2. The van der Waals surface area contributed by atoms with E-state index >= 15 is 0 Å². The molecule has 3 aromatic rings. The zero-order valence-corrected chi connectivity index (χ0v) is 16.1. The molecule has 0 amide bonds. The lowest BCUT2D eigenvalue weighted by atomic mass is 10.0. The molecule has 0 atom stereocenters. The molecule has 1 heterocycles. The fourth-order valence-electron chi connectivity index (χ4n) is 2.73. The Morgan fingerprint density at radius 1 is 1.00 bits per heavy atom. The summed E-state index contributed by atoms with van der Waals surface area (Å²) >= 11 is 0. The van der Waals surface area contributed by atoms with Crippen LogP contribution in [0.4, 0.5) is 0 Å². The van der Waals surface area contributed by atoms with Crippen molar-refractivity contribution >= 4 is 20.9 Å². The van der Waals surface area contributed by atoms with E-state index in [0.717, 1.165) is 33.7 Å². The molecule has 1 aromatic heterocycles. The number of ether oxygens (including phenoxy) is 2. The molecule has 0 radical (unpaired) electrons. The Morgan fingerprint density at radius 3 is 2.44 bits per heavy atom. The van der Waals surface area contributed by atoms with Crippen molar-refractivity contribution in [3.8, 4) is 23.0 Å². The molecule has 8 heteroatoms. The van der Waals surface area contributed by atoms with E-state index in [0.29, 0.717) is 12.3 Å². The van der Waals surface area contributed by atoms with Gasteiger partial charge in [-0.2, -0.15) is 13.4 Å². The summed E-state index contributed by atoms with van der Waals surface area (Å²) < 4.78 is 37.3. The lowest BCUT2D eigenvalue weighted by Crippen LogP contribution is -2.06. The van der Waals surface area contributed by atoms with Gasteiger partial charge in [0.15, 0.2) is 0 Å². The van der Waals surface area contributed by atoms with Gasteiger partial charge in [0.05, 0.1) is 32.6 Å². The van der Waals surface area contributed by atoms with Crippen molar-refractivity contribution in [2.45, 2.75) is 6.42 Å². The SMILES string of the molecule is COc1ncc(-c2ccc3cc(CCOS(C)(=O)=O)ccc3c2)c(OC)n1. The van der Waals surface area contributed by atoms with Gasteiger partial charge in [0.1, 0.15) is 0 Å². The number of fused-ring (bicyclic) bond motifs is 1. The smallest absolute Gasteiger partial charge is 0.319 e. The molecule has 0 aliphatic carbocycles. The third-order valence-corrected chi connectivity index (χ3v) is 4.61. The lowest BCUT2D eigenvalue weighted by Gasteiger charge is -2.10. The molecule has 0 aliphatic heterocycles. The number of aromatic nitrogens is 2. The van der Waals surface area contributed by atoms with E-state index in [1.807, 2.05) is 36.4 Å². The van der Waals surface area contributed by atoms with Crippen LogP contribution in [0.2, 0.25) is 0 Å². The third-order valence-electron chi connectivity index (χ3n) is 4.01. The standard InChI is InChI=1S/C19H20N2O5S/c1-24-18-17(12-20-19(21-18)25-2)16-7-6-14-10-13(4-5-15(14)11-16)8-9-26-27(3,22)23/h4-7,10-12H,8-9H2,1-3H3. The summed E-state index contributed by atoms with van der Waals surface area (Å²) in [6.07, 6.45) is 3.24. The minimum atomic E-state index is -3.42. The first-order valence-electron chi connectivity index (χ1n) is 8.22. The molecule has 7 nitrogen and oxygen atoms in total. The lowest BCUT2D eigenvalue weighted by molar-refractivity contribution is 0.326. The van der Waals surface area contributed by atoms with E-state index in [9.17, 15) is 8.42 Å². The van der Waals surface area contributed by atoms with Crippen LogP contribution in [0.5, 0.6) is 11.9 Å². The highest BCUT2D eigenvalue weighted by molar-refractivity contribution is 7.85. The van der Waals surface area contributed by atoms with Gasteiger partial charge in [-0.3, -0.25) is 4.18 Å². The van der Waals surface area contributed by atoms with Gasteiger partial charge >= 0.3 is 6.01 Å². The molecule has 3 rings (SSSR count). The van der Waals surface area contributed by atoms with Crippen LogP contribution >= 0.6 is 0 Å².